The van der Waals surface area contributed by atoms with Crippen LogP contribution in [0.5, 0.6) is 0 Å². The van der Waals surface area contributed by atoms with Crippen molar-refractivity contribution in [1.29, 1.82) is 0 Å². The molecule has 0 atom stereocenters. The van der Waals surface area contributed by atoms with Gasteiger partial charge in [-0.1, -0.05) is 36.4 Å². The Morgan fingerprint density at radius 1 is 1.35 bits per heavy atom. The van der Waals surface area contributed by atoms with Gasteiger partial charge in [-0.2, -0.15) is 5.10 Å². The highest BCUT2D eigenvalue weighted by Gasteiger charge is 2.33. The number of ether oxygens (including phenoxy) is 2. The van der Waals surface area contributed by atoms with Crippen LogP contribution in [0.3, 0.4) is 0 Å². The Kier molecular flexibility index (Phi) is 5.03. The van der Waals surface area contributed by atoms with Gasteiger partial charge in [-0.25, -0.2) is 5.43 Å². The SMILES string of the molecule is CC1(CC(=O)N/N=C\C=C\c2ccccc2)OCCO1. The molecule has 0 spiro atoms. The van der Waals surface area contributed by atoms with Crippen LogP contribution in [0.1, 0.15) is 18.9 Å². The largest absolute Gasteiger partial charge is 0.347 e. The number of rotatable bonds is 5. The van der Waals surface area contributed by atoms with Crippen LogP contribution >= 0.6 is 0 Å². The van der Waals surface area contributed by atoms with E-state index in [9.17, 15) is 4.79 Å². The van der Waals surface area contributed by atoms with E-state index in [1.54, 1.807) is 13.0 Å². The molecule has 20 heavy (non-hydrogen) atoms. The number of hydrazone groups is 1. The molecule has 0 aromatic heterocycles. The molecule has 1 aromatic carbocycles. The summed E-state index contributed by atoms with van der Waals surface area (Å²) in [6.07, 6.45) is 5.33. The van der Waals surface area contributed by atoms with Gasteiger partial charge in [0.25, 0.3) is 0 Å². The number of hydrogen-bond acceptors (Lipinski definition) is 4. The Labute approximate surface area is 118 Å². The first-order chi connectivity index (χ1) is 9.68. The minimum absolute atomic E-state index is 0.132. The van der Waals surface area contributed by atoms with Crippen molar-refractivity contribution in [2.75, 3.05) is 13.2 Å². The molecule has 5 nitrogen and oxygen atoms in total. The van der Waals surface area contributed by atoms with Crippen LogP contribution < -0.4 is 5.43 Å². The van der Waals surface area contributed by atoms with Crippen LogP contribution in [0, 0.1) is 0 Å². The second-order valence-electron chi connectivity index (χ2n) is 4.59. The lowest BCUT2D eigenvalue weighted by Gasteiger charge is -2.20. The summed E-state index contributed by atoms with van der Waals surface area (Å²) in [5.74, 6) is -1.06. The molecule has 0 aliphatic carbocycles. The van der Waals surface area contributed by atoms with Crippen molar-refractivity contribution in [3.8, 4) is 0 Å². The number of carbonyl (C=O) groups excluding carboxylic acids is 1. The number of benzene rings is 1. The van der Waals surface area contributed by atoms with E-state index in [1.165, 1.54) is 6.21 Å². The van der Waals surface area contributed by atoms with E-state index >= 15 is 0 Å². The van der Waals surface area contributed by atoms with Crippen molar-refractivity contribution in [2.45, 2.75) is 19.1 Å². The molecule has 106 valence electrons. The predicted molar refractivity (Wildman–Crippen MR) is 77.0 cm³/mol. The molecule has 1 amide bonds. The maximum absolute atomic E-state index is 11.6. The fourth-order valence-electron chi connectivity index (χ4n) is 1.86. The summed E-state index contributed by atoms with van der Waals surface area (Å²) in [7, 11) is 0. The quantitative estimate of drug-likeness (QED) is 0.659. The molecule has 1 N–H and O–H groups in total. The summed E-state index contributed by atoms with van der Waals surface area (Å²) in [5, 5.41) is 3.84. The van der Waals surface area contributed by atoms with Gasteiger partial charge in [-0.05, 0) is 18.6 Å². The average molecular weight is 274 g/mol. The zero-order valence-electron chi connectivity index (χ0n) is 11.4. The summed E-state index contributed by atoms with van der Waals surface area (Å²) < 4.78 is 10.7. The number of allylic oxidation sites excluding steroid dienone is 1. The van der Waals surface area contributed by atoms with E-state index in [0.717, 1.165) is 5.56 Å². The average Bonchev–Trinajstić information content (AvgIpc) is 2.86. The summed E-state index contributed by atoms with van der Waals surface area (Å²) in [6.45, 7) is 2.79. The predicted octanol–water partition coefficient (Wildman–Crippen LogP) is 1.95. The third-order valence-corrected chi connectivity index (χ3v) is 2.82. The van der Waals surface area contributed by atoms with Crippen LogP contribution in [0.4, 0.5) is 0 Å². The van der Waals surface area contributed by atoms with Gasteiger partial charge in [-0.15, -0.1) is 0 Å². The smallest absolute Gasteiger partial charge is 0.245 e. The molecule has 0 radical (unpaired) electrons. The Bertz CT molecular complexity index is 491. The van der Waals surface area contributed by atoms with Gasteiger partial charge >= 0.3 is 0 Å². The normalized spacial score (nSPS) is 17.9. The number of hydrogen-bond donors (Lipinski definition) is 1. The summed E-state index contributed by atoms with van der Waals surface area (Å²) in [6, 6.07) is 9.85. The molecule has 1 aliphatic heterocycles. The minimum atomic E-state index is -0.820. The highest BCUT2D eigenvalue weighted by atomic mass is 16.7. The third kappa shape index (κ3) is 4.60. The van der Waals surface area contributed by atoms with Crippen LogP contribution in [0.25, 0.3) is 6.08 Å². The Balaban J connectivity index is 1.73. The second-order valence-corrected chi connectivity index (χ2v) is 4.59. The number of carbonyl (C=O) groups is 1. The van der Waals surface area contributed by atoms with E-state index in [1.807, 2.05) is 36.4 Å². The molecule has 1 aliphatic rings. The van der Waals surface area contributed by atoms with Crippen LogP contribution in [-0.4, -0.2) is 31.1 Å². The Morgan fingerprint density at radius 3 is 2.75 bits per heavy atom. The van der Waals surface area contributed by atoms with Crippen molar-refractivity contribution >= 4 is 18.2 Å². The van der Waals surface area contributed by atoms with Crippen molar-refractivity contribution in [2.24, 2.45) is 5.10 Å². The zero-order chi connectivity index (χ0) is 14.3. The lowest BCUT2D eigenvalue weighted by Crippen LogP contribution is -2.33. The lowest BCUT2D eigenvalue weighted by atomic mass is 10.2. The van der Waals surface area contributed by atoms with Gasteiger partial charge in [0.1, 0.15) is 0 Å². The van der Waals surface area contributed by atoms with Gasteiger partial charge in [0.05, 0.1) is 19.6 Å². The van der Waals surface area contributed by atoms with Crippen molar-refractivity contribution in [3.05, 3.63) is 42.0 Å². The van der Waals surface area contributed by atoms with E-state index in [-0.39, 0.29) is 12.3 Å². The van der Waals surface area contributed by atoms with Crippen molar-refractivity contribution in [1.82, 2.24) is 5.43 Å². The fraction of sp³-hybridized carbons (Fsp3) is 0.333. The Morgan fingerprint density at radius 2 is 2.05 bits per heavy atom. The van der Waals surface area contributed by atoms with Gasteiger partial charge in [0.2, 0.25) is 5.91 Å². The van der Waals surface area contributed by atoms with Crippen LogP contribution in [0.15, 0.2) is 41.5 Å². The summed E-state index contributed by atoms with van der Waals surface area (Å²) in [5.41, 5.74) is 3.51. The van der Waals surface area contributed by atoms with Gasteiger partial charge in [-0.3, -0.25) is 4.79 Å². The first-order valence-electron chi connectivity index (χ1n) is 6.49. The topological polar surface area (TPSA) is 59.9 Å². The van der Waals surface area contributed by atoms with E-state index < -0.39 is 5.79 Å². The number of nitrogens with zero attached hydrogens (tertiary/aromatic N) is 1. The van der Waals surface area contributed by atoms with E-state index in [2.05, 4.69) is 10.5 Å². The van der Waals surface area contributed by atoms with Gasteiger partial charge < -0.3 is 9.47 Å². The molecule has 1 fully saturated rings. The van der Waals surface area contributed by atoms with Gasteiger partial charge in [0.15, 0.2) is 5.79 Å². The monoisotopic (exact) mass is 274 g/mol. The summed E-state index contributed by atoms with van der Waals surface area (Å²) in [4.78, 5) is 11.6. The Hall–Kier alpha value is -1.98. The number of nitrogens with one attached hydrogen (secondary N) is 1. The zero-order valence-corrected chi connectivity index (χ0v) is 11.4. The standard InChI is InChI=1S/C15H18N2O3/c1-15(19-10-11-20-15)12-14(18)17-16-9-5-8-13-6-3-2-4-7-13/h2-9H,10-12H2,1H3,(H,17,18)/b8-5+,16-9-. The van der Waals surface area contributed by atoms with E-state index in [0.29, 0.717) is 13.2 Å². The van der Waals surface area contributed by atoms with Crippen LogP contribution in [-0.2, 0) is 14.3 Å². The molecule has 1 aromatic rings. The first kappa shape index (κ1) is 14.4. The fourth-order valence-corrected chi connectivity index (χ4v) is 1.86. The molecule has 5 heteroatoms. The molecule has 0 bridgehead atoms. The molecule has 1 saturated heterocycles. The highest BCUT2D eigenvalue weighted by Crippen LogP contribution is 2.21. The van der Waals surface area contributed by atoms with Crippen molar-refractivity contribution in [3.63, 3.8) is 0 Å². The minimum Gasteiger partial charge on any atom is -0.347 e. The summed E-state index contributed by atoms with van der Waals surface area (Å²) >= 11 is 0. The first-order valence-corrected chi connectivity index (χ1v) is 6.49. The molecule has 1 heterocycles. The molecule has 0 saturated carbocycles. The number of amides is 1. The maximum atomic E-state index is 11.6. The molecule has 0 unspecified atom stereocenters. The van der Waals surface area contributed by atoms with E-state index in [4.69, 9.17) is 9.47 Å². The molecular weight excluding hydrogens is 256 g/mol. The molecular formula is C15H18N2O3. The van der Waals surface area contributed by atoms with Gasteiger partial charge in [0, 0.05) is 6.21 Å². The highest BCUT2D eigenvalue weighted by molar-refractivity contribution is 5.81. The third-order valence-electron chi connectivity index (χ3n) is 2.82. The maximum Gasteiger partial charge on any atom is 0.245 e. The van der Waals surface area contributed by atoms with Crippen LogP contribution in [0.2, 0.25) is 0 Å². The molecule has 2 rings (SSSR count). The lowest BCUT2D eigenvalue weighted by molar-refractivity contribution is -0.159. The second kappa shape index (κ2) is 6.98. The van der Waals surface area contributed by atoms with Crippen molar-refractivity contribution < 1.29 is 14.3 Å².